The first-order chi connectivity index (χ1) is 13.7. The van der Waals surface area contributed by atoms with Gasteiger partial charge in [0.25, 0.3) is 0 Å². The van der Waals surface area contributed by atoms with E-state index in [1.165, 1.54) is 19.1 Å². The molecule has 0 unspecified atom stereocenters. The summed E-state index contributed by atoms with van der Waals surface area (Å²) in [6.07, 6.45) is 0.752. The second kappa shape index (κ2) is 8.54. The fourth-order valence-electron chi connectivity index (χ4n) is 2.92. The fourth-order valence-corrected chi connectivity index (χ4v) is 4.00. The average molecular weight is 415 g/mol. The van der Waals surface area contributed by atoms with E-state index in [-0.39, 0.29) is 35.5 Å². The Labute approximate surface area is 168 Å². The van der Waals surface area contributed by atoms with Crippen LogP contribution in [0.25, 0.3) is 0 Å². The number of sulfonamides is 1. The Morgan fingerprint density at radius 2 is 1.79 bits per heavy atom. The Balaban J connectivity index is 1.54. The number of ketones is 1. The van der Waals surface area contributed by atoms with E-state index in [4.69, 9.17) is 0 Å². The zero-order chi connectivity index (χ0) is 21.0. The van der Waals surface area contributed by atoms with E-state index in [0.717, 1.165) is 5.56 Å². The zero-order valence-electron chi connectivity index (χ0n) is 15.8. The summed E-state index contributed by atoms with van der Waals surface area (Å²) in [6.45, 7) is 1.39. The van der Waals surface area contributed by atoms with Gasteiger partial charge in [-0.25, -0.2) is 13.1 Å². The van der Waals surface area contributed by atoms with Crippen LogP contribution in [0.3, 0.4) is 0 Å². The molecule has 0 saturated carbocycles. The quantitative estimate of drug-likeness (QED) is 0.598. The number of benzene rings is 2. The number of aryl methyl sites for hydroxylation is 1. The molecule has 2 aromatic carbocycles. The van der Waals surface area contributed by atoms with E-state index >= 15 is 0 Å². The molecule has 0 aliphatic carbocycles. The van der Waals surface area contributed by atoms with Crippen molar-refractivity contribution in [3.8, 4) is 0 Å². The molecule has 152 valence electrons. The third-order valence-corrected chi connectivity index (χ3v) is 5.96. The highest BCUT2D eigenvalue weighted by molar-refractivity contribution is 7.89. The lowest BCUT2D eigenvalue weighted by atomic mass is 10.0. The SMILES string of the molecule is CC(=O)c1ccc(NC(=O)CCNS(=O)(=O)c2ccc3c(c2)CCC(=O)N3)cc1. The molecule has 9 heteroatoms. The van der Waals surface area contributed by atoms with Crippen LogP contribution in [0, 0.1) is 0 Å². The van der Waals surface area contributed by atoms with Gasteiger partial charge < -0.3 is 10.6 Å². The number of hydrogen-bond acceptors (Lipinski definition) is 5. The molecule has 1 aliphatic heterocycles. The lowest BCUT2D eigenvalue weighted by molar-refractivity contribution is -0.117. The van der Waals surface area contributed by atoms with Crippen molar-refractivity contribution in [2.45, 2.75) is 31.1 Å². The molecule has 3 N–H and O–H groups in total. The second-order valence-corrected chi connectivity index (χ2v) is 8.46. The molecule has 0 spiro atoms. The molecule has 0 radical (unpaired) electrons. The highest BCUT2D eigenvalue weighted by Crippen LogP contribution is 2.25. The normalized spacial score (nSPS) is 13.3. The van der Waals surface area contributed by atoms with E-state index in [1.807, 2.05) is 0 Å². The van der Waals surface area contributed by atoms with Crippen LogP contribution in [0.1, 0.15) is 35.7 Å². The zero-order valence-corrected chi connectivity index (χ0v) is 16.6. The van der Waals surface area contributed by atoms with Crippen molar-refractivity contribution in [2.24, 2.45) is 0 Å². The van der Waals surface area contributed by atoms with Crippen LogP contribution in [0.15, 0.2) is 47.4 Å². The van der Waals surface area contributed by atoms with Gasteiger partial charge in [-0.05, 0) is 61.4 Å². The van der Waals surface area contributed by atoms with Crippen molar-refractivity contribution in [1.29, 1.82) is 0 Å². The van der Waals surface area contributed by atoms with Crippen molar-refractivity contribution >= 4 is 39.0 Å². The first kappa shape index (κ1) is 20.7. The topological polar surface area (TPSA) is 121 Å². The maximum atomic E-state index is 12.5. The first-order valence-electron chi connectivity index (χ1n) is 9.08. The number of carbonyl (C=O) groups is 3. The minimum Gasteiger partial charge on any atom is -0.326 e. The fraction of sp³-hybridized carbons (Fsp3) is 0.250. The molecule has 1 heterocycles. The van der Waals surface area contributed by atoms with Gasteiger partial charge in [0.2, 0.25) is 21.8 Å². The van der Waals surface area contributed by atoms with Crippen molar-refractivity contribution in [2.75, 3.05) is 17.2 Å². The van der Waals surface area contributed by atoms with Gasteiger partial charge in [-0.2, -0.15) is 0 Å². The molecular weight excluding hydrogens is 394 g/mol. The summed E-state index contributed by atoms with van der Waals surface area (Å²) >= 11 is 0. The minimum atomic E-state index is -3.77. The number of Topliss-reactive ketones (excluding diaryl/α,β-unsaturated/α-hetero) is 1. The third kappa shape index (κ3) is 5.27. The second-order valence-electron chi connectivity index (χ2n) is 6.70. The summed E-state index contributed by atoms with van der Waals surface area (Å²) in [6, 6.07) is 11.0. The average Bonchev–Trinajstić information content (AvgIpc) is 2.67. The Kier molecular flexibility index (Phi) is 6.09. The predicted octanol–water partition coefficient (Wildman–Crippen LogP) is 2.08. The lowest BCUT2D eigenvalue weighted by Gasteiger charge is -2.17. The van der Waals surface area contributed by atoms with Gasteiger partial charge in [0.15, 0.2) is 5.78 Å². The van der Waals surface area contributed by atoms with Crippen LogP contribution in [-0.4, -0.2) is 32.6 Å². The Morgan fingerprint density at radius 1 is 1.07 bits per heavy atom. The number of carbonyl (C=O) groups excluding carboxylic acids is 3. The lowest BCUT2D eigenvalue weighted by Crippen LogP contribution is -2.28. The van der Waals surface area contributed by atoms with Crippen molar-refractivity contribution in [3.05, 3.63) is 53.6 Å². The van der Waals surface area contributed by atoms with Crippen molar-refractivity contribution in [3.63, 3.8) is 0 Å². The van der Waals surface area contributed by atoms with Crippen LogP contribution < -0.4 is 15.4 Å². The molecule has 0 bridgehead atoms. The predicted molar refractivity (Wildman–Crippen MR) is 108 cm³/mol. The van der Waals surface area contributed by atoms with Crippen molar-refractivity contribution < 1.29 is 22.8 Å². The number of rotatable bonds is 7. The summed E-state index contributed by atoms with van der Waals surface area (Å²) in [5.74, 6) is -0.508. The number of nitrogens with one attached hydrogen (secondary N) is 3. The molecule has 0 aromatic heterocycles. The smallest absolute Gasteiger partial charge is 0.240 e. The molecule has 29 heavy (non-hydrogen) atoms. The minimum absolute atomic E-state index is 0.0469. The molecule has 0 fully saturated rings. The van der Waals surface area contributed by atoms with Crippen LogP contribution in [0.2, 0.25) is 0 Å². The summed E-state index contributed by atoms with van der Waals surface area (Å²) in [4.78, 5) is 34.8. The Hall–Kier alpha value is -3.04. The maximum Gasteiger partial charge on any atom is 0.240 e. The molecule has 2 aromatic rings. The van der Waals surface area contributed by atoms with E-state index in [1.54, 1.807) is 30.3 Å². The van der Waals surface area contributed by atoms with Crippen LogP contribution >= 0.6 is 0 Å². The molecule has 3 rings (SSSR count). The van der Waals surface area contributed by atoms with Crippen LogP contribution in [0.4, 0.5) is 11.4 Å². The Morgan fingerprint density at radius 3 is 2.48 bits per heavy atom. The summed E-state index contributed by atoms with van der Waals surface area (Å²) in [5, 5.41) is 5.36. The first-order valence-corrected chi connectivity index (χ1v) is 10.6. The van der Waals surface area contributed by atoms with Crippen LogP contribution in [0.5, 0.6) is 0 Å². The molecule has 1 aliphatic rings. The highest BCUT2D eigenvalue weighted by atomic mass is 32.2. The largest absolute Gasteiger partial charge is 0.326 e. The monoisotopic (exact) mass is 415 g/mol. The van der Waals surface area contributed by atoms with E-state index < -0.39 is 10.0 Å². The number of hydrogen-bond donors (Lipinski definition) is 3. The van der Waals surface area contributed by atoms with Gasteiger partial charge in [-0.15, -0.1) is 0 Å². The number of anilines is 2. The van der Waals surface area contributed by atoms with Crippen molar-refractivity contribution in [1.82, 2.24) is 4.72 Å². The van der Waals surface area contributed by atoms with Gasteiger partial charge >= 0.3 is 0 Å². The molecule has 8 nitrogen and oxygen atoms in total. The number of fused-ring (bicyclic) bond motifs is 1. The summed E-state index contributed by atoms with van der Waals surface area (Å²) in [7, 11) is -3.77. The van der Waals surface area contributed by atoms with E-state index in [2.05, 4.69) is 15.4 Å². The standard InChI is InChI=1S/C20H21N3O5S/c1-13(24)14-2-5-16(6-3-14)22-20(26)10-11-21-29(27,28)17-7-8-18-15(12-17)4-9-19(25)23-18/h2-3,5-8,12,21H,4,9-11H2,1H3,(H,22,26)(H,23,25). The van der Waals surface area contributed by atoms with Gasteiger partial charge in [0, 0.05) is 36.3 Å². The van der Waals surface area contributed by atoms with Gasteiger partial charge in [-0.1, -0.05) is 0 Å². The third-order valence-electron chi connectivity index (χ3n) is 4.50. The van der Waals surface area contributed by atoms with Gasteiger partial charge in [0.05, 0.1) is 4.90 Å². The van der Waals surface area contributed by atoms with Gasteiger partial charge in [0.1, 0.15) is 0 Å². The maximum absolute atomic E-state index is 12.5. The number of amides is 2. The molecule has 2 amide bonds. The van der Waals surface area contributed by atoms with E-state index in [0.29, 0.717) is 29.8 Å². The summed E-state index contributed by atoms with van der Waals surface area (Å²) < 4.78 is 27.3. The molecule has 0 saturated heterocycles. The Bertz CT molecular complexity index is 1060. The van der Waals surface area contributed by atoms with Crippen LogP contribution in [-0.2, 0) is 26.0 Å². The molecule has 0 atom stereocenters. The molecular formula is C20H21N3O5S. The summed E-state index contributed by atoms with van der Waals surface area (Å²) in [5.41, 5.74) is 2.45. The van der Waals surface area contributed by atoms with E-state index in [9.17, 15) is 22.8 Å². The van der Waals surface area contributed by atoms with Gasteiger partial charge in [-0.3, -0.25) is 14.4 Å². The highest BCUT2D eigenvalue weighted by Gasteiger charge is 2.20.